The van der Waals surface area contributed by atoms with Gasteiger partial charge in [-0.15, -0.1) is 11.3 Å². The van der Waals surface area contributed by atoms with E-state index in [0.29, 0.717) is 16.4 Å². The molecule has 16 heavy (non-hydrogen) atoms. The van der Waals surface area contributed by atoms with E-state index in [1.54, 1.807) is 11.4 Å². The molecule has 3 N–H and O–H groups in total. The number of thiophene rings is 1. The van der Waals surface area contributed by atoms with Crippen molar-refractivity contribution in [3.8, 4) is 0 Å². The van der Waals surface area contributed by atoms with Crippen LogP contribution in [-0.2, 0) is 0 Å². The second-order valence-electron chi connectivity index (χ2n) is 2.88. The van der Waals surface area contributed by atoms with Crippen molar-refractivity contribution in [2.75, 3.05) is 5.32 Å². The molecule has 0 saturated heterocycles. The first-order chi connectivity index (χ1) is 7.66. The molecule has 2 heterocycles. The average Bonchev–Trinajstić information content (AvgIpc) is 2.66. The Morgan fingerprint density at radius 1 is 1.50 bits per heavy atom. The molecule has 0 aliphatic heterocycles. The lowest BCUT2D eigenvalue weighted by atomic mass is 10.3. The number of hydrogen-bond acceptors (Lipinski definition) is 5. The van der Waals surface area contributed by atoms with Gasteiger partial charge in [-0.05, 0) is 11.4 Å². The van der Waals surface area contributed by atoms with E-state index in [2.05, 4.69) is 15.3 Å². The highest BCUT2D eigenvalue weighted by atomic mass is 35.5. The molecule has 2 rings (SSSR count). The maximum atomic E-state index is 11.1. The number of nitrogens with one attached hydrogen (secondary N) is 1. The molecule has 5 nitrogen and oxygen atoms in total. The van der Waals surface area contributed by atoms with Crippen molar-refractivity contribution in [2.24, 2.45) is 5.73 Å². The maximum Gasteiger partial charge on any atom is 0.260 e. The zero-order valence-corrected chi connectivity index (χ0v) is 9.55. The van der Waals surface area contributed by atoms with Crippen molar-refractivity contribution in [3.63, 3.8) is 0 Å². The summed E-state index contributed by atoms with van der Waals surface area (Å²) in [6, 6.07) is 1.74. The molecular formula is C9H7ClN4OS. The highest BCUT2D eigenvalue weighted by Gasteiger charge is 2.10. The number of carbonyl (C=O) groups is 1. The number of anilines is 2. The van der Waals surface area contributed by atoms with E-state index in [1.807, 2.05) is 0 Å². The van der Waals surface area contributed by atoms with Gasteiger partial charge in [0.05, 0.1) is 18.1 Å². The summed E-state index contributed by atoms with van der Waals surface area (Å²) in [5.74, 6) is -0.0131. The molecule has 2 aromatic rings. The molecule has 82 valence electrons. The SMILES string of the molecule is NC(=O)c1sccc1Nc1cncc(Cl)n1. The van der Waals surface area contributed by atoms with Crippen LogP contribution >= 0.6 is 22.9 Å². The monoisotopic (exact) mass is 254 g/mol. The van der Waals surface area contributed by atoms with Crippen LogP contribution in [0.4, 0.5) is 11.5 Å². The minimum Gasteiger partial charge on any atom is -0.365 e. The number of halogens is 1. The van der Waals surface area contributed by atoms with Crippen LogP contribution in [0.5, 0.6) is 0 Å². The summed E-state index contributed by atoms with van der Waals surface area (Å²) < 4.78 is 0. The van der Waals surface area contributed by atoms with Crippen molar-refractivity contribution >= 4 is 40.4 Å². The fraction of sp³-hybridized carbons (Fsp3) is 0. The smallest absolute Gasteiger partial charge is 0.260 e. The Morgan fingerprint density at radius 3 is 3.00 bits per heavy atom. The Hall–Kier alpha value is -1.66. The van der Waals surface area contributed by atoms with Gasteiger partial charge < -0.3 is 11.1 Å². The highest BCUT2D eigenvalue weighted by Crippen LogP contribution is 2.24. The molecule has 0 saturated carbocycles. The molecule has 2 aromatic heterocycles. The molecular weight excluding hydrogens is 248 g/mol. The molecule has 0 aromatic carbocycles. The predicted octanol–water partition coefficient (Wildman–Crippen LogP) is 2.03. The first-order valence-electron chi connectivity index (χ1n) is 4.28. The molecule has 0 atom stereocenters. The summed E-state index contributed by atoms with van der Waals surface area (Å²) in [4.78, 5) is 19.4. The van der Waals surface area contributed by atoms with Crippen LogP contribution in [0.1, 0.15) is 9.67 Å². The Labute approximate surface area is 100 Å². The van der Waals surface area contributed by atoms with Crippen LogP contribution in [0, 0.1) is 0 Å². The van der Waals surface area contributed by atoms with Gasteiger partial charge in [0, 0.05) is 0 Å². The van der Waals surface area contributed by atoms with Gasteiger partial charge in [0.25, 0.3) is 5.91 Å². The van der Waals surface area contributed by atoms with E-state index < -0.39 is 5.91 Å². The van der Waals surface area contributed by atoms with Gasteiger partial charge in [-0.3, -0.25) is 9.78 Å². The van der Waals surface area contributed by atoms with Crippen molar-refractivity contribution in [3.05, 3.63) is 33.9 Å². The van der Waals surface area contributed by atoms with Crippen LogP contribution < -0.4 is 11.1 Å². The zero-order valence-electron chi connectivity index (χ0n) is 7.98. The van der Waals surface area contributed by atoms with Crippen LogP contribution in [0.3, 0.4) is 0 Å². The molecule has 0 unspecified atom stereocenters. The minimum atomic E-state index is -0.479. The van der Waals surface area contributed by atoms with Crippen LogP contribution in [-0.4, -0.2) is 15.9 Å². The van der Waals surface area contributed by atoms with Gasteiger partial charge in [-0.2, -0.15) is 0 Å². The minimum absolute atomic E-state index is 0.279. The maximum absolute atomic E-state index is 11.1. The van der Waals surface area contributed by atoms with Gasteiger partial charge in [0.1, 0.15) is 10.0 Å². The molecule has 0 radical (unpaired) electrons. The van der Waals surface area contributed by atoms with Crippen molar-refractivity contribution in [1.82, 2.24) is 9.97 Å². The van der Waals surface area contributed by atoms with Crippen molar-refractivity contribution in [2.45, 2.75) is 0 Å². The normalized spacial score (nSPS) is 10.1. The first-order valence-corrected chi connectivity index (χ1v) is 5.54. The van der Waals surface area contributed by atoms with E-state index in [-0.39, 0.29) is 5.15 Å². The van der Waals surface area contributed by atoms with Gasteiger partial charge in [-0.1, -0.05) is 11.6 Å². The number of nitrogens with zero attached hydrogens (tertiary/aromatic N) is 2. The van der Waals surface area contributed by atoms with E-state index >= 15 is 0 Å². The third kappa shape index (κ3) is 2.29. The lowest BCUT2D eigenvalue weighted by Crippen LogP contribution is -2.10. The van der Waals surface area contributed by atoms with Crippen LogP contribution in [0.2, 0.25) is 5.15 Å². The van der Waals surface area contributed by atoms with E-state index in [9.17, 15) is 4.79 Å². The standard InChI is InChI=1S/C9H7ClN4OS/c10-6-3-12-4-7(14-6)13-5-1-2-16-8(5)9(11)15/h1-4H,(H2,11,15)(H,13,14). The number of aromatic nitrogens is 2. The second-order valence-corrected chi connectivity index (χ2v) is 4.18. The fourth-order valence-electron chi connectivity index (χ4n) is 1.14. The summed E-state index contributed by atoms with van der Waals surface area (Å²) in [6.45, 7) is 0. The summed E-state index contributed by atoms with van der Waals surface area (Å²) in [5, 5.41) is 4.97. The van der Waals surface area contributed by atoms with Crippen molar-refractivity contribution in [1.29, 1.82) is 0 Å². The molecule has 0 aliphatic rings. The largest absolute Gasteiger partial charge is 0.365 e. The van der Waals surface area contributed by atoms with Gasteiger partial charge >= 0.3 is 0 Å². The van der Waals surface area contributed by atoms with E-state index in [0.717, 1.165) is 0 Å². The molecule has 0 fully saturated rings. The number of rotatable bonds is 3. The summed E-state index contributed by atoms with van der Waals surface area (Å²) in [7, 11) is 0. The molecule has 0 aliphatic carbocycles. The Bertz CT molecular complexity index is 528. The Morgan fingerprint density at radius 2 is 2.31 bits per heavy atom. The number of primary amides is 1. The third-order valence-electron chi connectivity index (χ3n) is 1.76. The van der Waals surface area contributed by atoms with Crippen LogP contribution in [0.25, 0.3) is 0 Å². The summed E-state index contributed by atoms with van der Waals surface area (Å²) in [6.07, 6.45) is 2.93. The van der Waals surface area contributed by atoms with Crippen molar-refractivity contribution < 1.29 is 4.79 Å². The Kier molecular flexibility index (Phi) is 3.02. The lowest BCUT2D eigenvalue weighted by Gasteiger charge is -2.04. The van der Waals surface area contributed by atoms with Gasteiger partial charge in [-0.25, -0.2) is 4.98 Å². The predicted molar refractivity (Wildman–Crippen MR) is 63.2 cm³/mol. The number of hydrogen-bond donors (Lipinski definition) is 2. The quantitative estimate of drug-likeness (QED) is 0.878. The Balaban J connectivity index is 2.27. The molecule has 0 spiro atoms. The fourth-order valence-corrected chi connectivity index (χ4v) is 1.99. The first kappa shape index (κ1) is 10.8. The third-order valence-corrected chi connectivity index (χ3v) is 2.87. The highest BCUT2D eigenvalue weighted by molar-refractivity contribution is 7.12. The zero-order chi connectivity index (χ0) is 11.5. The second kappa shape index (κ2) is 4.46. The van der Waals surface area contributed by atoms with Gasteiger partial charge in [0.15, 0.2) is 5.82 Å². The average molecular weight is 255 g/mol. The van der Waals surface area contributed by atoms with E-state index in [1.165, 1.54) is 23.7 Å². The molecule has 0 bridgehead atoms. The lowest BCUT2D eigenvalue weighted by molar-refractivity contribution is 0.100. The number of carbonyl (C=O) groups excluding carboxylic acids is 1. The molecule has 7 heteroatoms. The van der Waals surface area contributed by atoms with Gasteiger partial charge in [0.2, 0.25) is 0 Å². The summed E-state index contributed by atoms with van der Waals surface area (Å²) >= 11 is 6.95. The van der Waals surface area contributed by atoms with Crippen LogP contribution in [0.15, 0.2) is 23.8 Å². The summed E-state index contributed by atoms with van der Waals surface area (Å²) in [5.41, 5.74) is 5.82. The topological polar surface area (TPSA) is 80.9 Å². The molecule has 1 amide bonds. The number of amides is 1. The van der Waals surface area contributed by atoms with E-state index in [4.69, 9.17) is 17.3 Å². The number of nitrogens with two attached hydrogens (primary N) is 1.